The van der Waals surface area contributed by atoms with Crippen molar-refractivity contribution in [2.24, 2.45) is 0 Å². The van der Waals surface area contributed by atoms with Crippen molar-refractivity contribution < 1.29 is 26.7 Å². The van der Waals surface area contributed by atoms with Gasteiger partial charge in [0.25, 0.3) is 0 Å². The van der Waals surface area contributed by atoms with Crippen LogP contribution < -0.4 is 15.1 Å². The Balaban J connectivity index is 1.57. The van der Waals surface area contributed by atoms with Crippen molar-refractivity contribution in [3.05, 3.63) is 95.3 Å². The zero-order chi connectivity index (χ0) is 25.9. The Hall–Kier alpha value is -3.91. The summed E-state index contributed by atoms with van der Waals surface area (Å²) in [5, 5.41) is 10.3. The van der Waals surface area contributed by atoms with E-state index in [0.29, 0.717) is 11.3 Å². The van der Waals surface area contributed by atoms with Gasteiger partial charge in [0.1, 0.15) is 0 Å². The number of thioether (sulfide) groups is 1. The smallest absolute Gasteiger partial charge is 0.446 e. The third-order valence-electron chi connectivity index (χ3n) is 4.79. The van der Waals surface area contributed by atoms with E-state index in [9.17, 15) is 31.5 Å². The Labute approximate surface area is 207 Å². The molecule has 9 nitrogen and oxygen atoms in total. The van der Waals surface area contributed by atoms with Gasteiger partial charge in [-0.3, -0.25) is 19.0 Å². The minimum absolute atomic E-state index is 0.0731. The molecule has 0 saturated carbocycles. The molecule has 0 radical (unpaired) electrons. The zero-order valence-electron chi connectivity index (χ0n) is 18.2. The maximum Gasteiger partial charge on any atom is 0.446 e. The van der Waals surface area contributed by atoms with E-state index in [4.69, 9.17) is 0 Å². The maximum absolute atomic E-state index is 13.0. The van der Waals surface area contributed by atoms with Gasteiger partial charge in [0, 0.05) is 11.1 Å². The first-order chi connectivity index (χ1) is 17.0. The minimum atomic E-state index is -4.45. The van der Waals surface area contributed by atoms with Crippen LogP contribution >= 0.6 is 11.8 Å². The van der Waals surface area contributed by atoms with Gasteiger partial charge >= 0.3 is 21.4 Å². The fourth-order valence-electron chi connectivity index (χ4n) is 3.30. The topological polar surface area (TPSA) is 118 Å². The van der Waals surface area contributed by atoms with Crippen molar-refractivity contribution in [2.45, 2.75) is 16.9 Å². The number of aromatic nitrogens is 3. The highest BCUT2D eigenvalue weighted by molar-refractivity contribution is 8.00. The van der Waals surface area contributed by atoms with Crippen molar-refractivity contribution in [2.75, 3.05) is 9.44 Å². The van der Waals surface area contributed by atoms with E-state index in [1.807, 2.05) is 0 Å². The zero-order valence-corrected chi connectivity index (χ0v) is 19.8. The molecule has 36 heavy (non-hydrogen) atoms. The van der Waals surface area contributed by atoms with Gasteiger partial charge in [0.05, 0.1) is 36.0 Å². The average Bonchev–Trinajstić information content (AvgIpc) is 3.07. The van der Waals surface area contributed by atoms with E-state index < -0.39 is 27.3 Å². The lowest BCUT2D eigenvalue weighted by Gasteiger charge is -2.13. The number of halogens is 3. The first kappa shape index (κ1) is 25.2. The predicted octanol–water partition coefficient (Wildman–Crippen LogP) is 4.17. The molecule has 188 valence electrons. The van der Waals surface area contributed by atoms with Crippen LogP contribution in [0.4, 0.5) is 24.5 Å². The minimum Gasteiger partial charge on any atom is -0.493 e. The van der Waals surface area contributed by atoms with E-state index >= 15 is 0 Å². The molecule has 0 aliphatic carbocycles. The molecule has 0 saturated heterocycles. The predicted molar refractivity (Wildman–Crippen MR) is 130 cm³/mol. The third-order valence-corrected chi connectivity index (χ3v) is 6.52. The number of hydrogen-bond acceptors (Lipinski definition) is 6. The molecule has 2 aromatic heterocycles. The van der Waals surface area contributed by atoms with Crippen LogP contribution in [-0.2, 0) is 16.8 Å². The molecule has 14 heteroatoms. The second-order valence-corrected chi connectivity index (χ2v) is 9.93. The first-order valence-electron chi connectivity index (χ1n) is 10.2. The number of aromatic hydroxyl groups is 1. The van der Waals surface area contributed by atoms with Crippen LogP contribution in [0.5, 0.6) is 5.88 Å². The highest BCUT2D eigenvalue weighted by Gasteiger charge is 2.29. The lowest BCUT2D eigenvalue weighted by molar-refractivity contribution is -0.0328. The van der Waals surface area contributed by atoms with Crippen molar-refractivity contribution in [3.8, 4) is 11.6 Å². The van der Waals surface area contributed by atoms with Crippen molar-refractivity contribution in [1.29, 1.82) is 0 Å². The molecule has 0 fully saturated rings. The number of benzene rings is 2. The Bertz CT molecular complexity index is 1520. The van der Waals surface area contributed by atoms with Gasteiger partial charge in [-0.2, -0.15) is 21.6 Å². The largest absolute Gasteiger partial charge is 0.493 e. The summed E-state index contributed by atoms with van der Waals surface area (Å²) in [5.41, 5.74) is -4.16. The SMILES string of the molecule is O=c1n(Cc2ccncc2NS(=O)(=O)Nc2ccccc2)cc(O)n1-c1ccc(SC(F)(F)F)cc1. The summed E-state index contributed by atoms with van der Waals surface area (Å²) in [5.74, 6) is -0.446. The molecule has 0 spiro atoms. The summed E-state index contributed by atoms with van der Waals surface area (Å²) >= 11 is -0.296. The highest BCUT2D eigenvalue weighted by Crippen LogP contribution is 2.37. The van der Waals surface area contributed by atoms with Crippen LogP contribution in [0.15, 0.2) is 88.9 Å². The van der Waals surface area contributed by atoms with Crippen LogP contribution in [0.2, 0.25) is 0 Å². The van der Waals surface area contributed by atoms with Gasteiger partial charge in [0.2, 0.25) is 5.88 Å². The molecular formula is C22H18F3N5O4S2. The Morgan fingerprint density at radius 2 is 1.69 bits per heavy atom. The molecule has 4 aromatic rings. The number of anilines is 2. The fourth-order valence-corrected chi connectivity index (χ4v) is 4.81. The molecule has 3 N–H and O–H groups in total. The van der Waals surface area contributed by atoms with E-state index in [2.05, 4.69) is 14.4 Å². The van der Waals surface area contributed by atoms with Crippen molar-refractivity contribution in [3.63, 3.8) is 0 Å². The quantitative estimate of drug-likeness (QED) is 0.291. The number of rotatable bonds is 8. The summed E-state index contributed by atoms with van der Waals surface area (Å²) < 4.78 is 69.6. The van der Waals surface area contributed by atoms with Crippen molar-refractivity contribution >= 4 is 33.3 Å². The van der Waals surface area contributed by atoms with E-state index in [0.717, 1.165) is 15.3 Å². The normalized spacial score (nSPS) is 11.9. The molecular weight excluding hydrogens is 519 g/mol. The summed E-state index contributed by atoms with van der Waals surface area (Å²) in [6.07, 6.45) is 3.83. The van der Waals surface area contributed by atoms with Crippen LogP contribution in [0.1, 0.15) is 5.56 Å². The van der Waals surface area contributed by atoms with Crippen molar-refractivity contribution in [1.82, 2.24) is 14.1 Å². The lowest BCUT2D eigenvalue weighted by Crippen LogP contribution is -2.25. The Morgan fingerprint density at radius 1 is 1.00 bits per heavy atom. The van der Waals surface area contributed by atoms with Crippen LogP contribution in [0.3, 0.4) is 0 Å². The molecule has 2 heterocycles. The molecule has 0 atom stereocenters. The standard InChI is InChI=1S/C22H18F3N5O4S2/c23-22(24,25)35-18-8-6-17(7-9-18)30-20(31)14-29(21(30)32)13-15-10-11-26-12-19(15)28-36(33,34)27-16-4-2-1-3-5-16/h1-12,14,27-28,31H,13H2. The third kappa shape index (κ3) is 6.20. The average molecular weight is 538 g/mol. The molecule has 4 rings (SSSR count). The lowest BCUT2D eigenvalue weighted by atomic mass is 10.2. The summed E-state index contributed by atoms with van der Waals surface area (Å²) in [7, 11) is -4.04. The summed E-state index contributed by atoms with van der Waals surface area (Å²) in [4.78, 5) is 16.8. The van der Waals surface area contributed by atoms with Gasteiger partial charge in [0.15, 0.2) is 0 Å². The van der Waals surface area contributed by atoms with Crippen LogP contribution in [-0.4, -0.2) is 33.2 Å². The second-order valence-electron chi connectivity index (χ2n) is 7.38. The molecule has 0 bridgehead atoms. The highest BCUT2D eigenvalue weighted by atomic mass is 32.2. The van der Waals surface area contributed by atoms with E-state index in [-0.39, 0.29) is 34.6 Å². The second kappa shape index (κ2) is 9.99. The molecule has 0 unspecified atom stereocenters. The number of imidazole rings is 1. The van der Waals surface area contributed by atoms with Gasteiger partial charge in [-0.1, -0.05) is 18.2 Å². The van der Waals surface area contributed by atoms with E-state index in [1.165, 1.54) is 42.7 Å². The maximum atomic E-state index is 13.0. The van der Waals surface area contributed by atoms with Crippen LogP contribution in [0.25, 0.3) is 5.69 Å². The monoisotopic (exact) mass is 537 g/mol. The Morgan fingerprint density at radius 3 is 2.36 bits per heavy atom. The first-order valence-corrected chi connectivity index (χ1v) is 12.5. The number of nitrogens with one attached hydrogen (secondary N) is 2. The van der Waals surface area contributed by atoms with Gasteiger partial charge < -0.3 is 5.11 Å². The fraction of sp³-hybridized carbons (Fsp3) is 0.0909. The molecule has 2 aromatic carbocycles. The number of alkyl halides is 3. The Kier molecular flexibility index (Phi) is 6.99. The van der Waals surface area contributed by atoms with Gasteiger partial charge in [-0.05, 0) is 59.8 Å². The van der Waals surface area contributed by atoms with Gasteiger partial charge in [-0.25, -0.2) is 9.36 Å². The van der Waals surface area contributed by atoms with Crippen LogP contribution in [0, 0.1) is 0 Å². The summed E-state index contributed by atoms with van der Waals surface area (Å²) in [6.45, 7) is -0.132. The number of para-hydroxylation sites is 1. The molecule has 0 amide bonds. The number of hydrogen-bond donors (Lipinski definition) is 3. The number of pyridine rings is 1. The van der Waals surface area contributed by atoms with E-state index in [1.54, 1.807) is 30.3 Å². The summed E-state index contributed by atoms with van der Waals surface area (Å²) in [6, 6.07) is 14.6. The van der Waals surface area contributed by atoms with Gasteiger partial charge in [-0.15, -0.1) is 0 Å². The number of nitrogens with zero attached hydrogens (tertiary/aromatic N) is 3. The molecule has 0 aliphatic rings. The molecule has 0 aliphatic heterocycles.